The fourth-order valence-electron chi connectivity index (χ4n) is 0.647. The summed E-state index contributed by atoms with van der Waals surface area (Å²) in [5, 5.41) is 3.31. The highest BCUT2D eigenvalue weighted by molar-refractivity contribution is 5.79. The van der Waals surface area contributed by atoms with Crippen molar-refractivity contribution in [1.82, 2.24) is 0 Å². The maximum Gasteiger partial charge on any atom is 0.142 e. The summed E-state index contributed by atoms with van der Waals surface area (Å²) in [6, 6.07) is 6.22. The van der Waals surface area contributed by atoms with Gasteiger partial charge in [-0.25, -0.2) is 4.39 Å². The van der Waals surface area contributed by atoms with Crippen LogP contribution in [0.15, 0.2) is 29.4 Å². The Morgan fingerprint density at radius 1 is 1.45 bits per heavy atom. The smallest absolute Gasteiger partial charge is 0.142 e. The van der Waals surface area contributed by atoms with E-state index in [0.29, 0.717) is 5.56 Å². The van der Waals surface area contributed by atoms with E-state index >= 15 is 0 Å². The summed E-state index contributed by atoms with van der Waals surface area (Å²) in [5.74, 6) is -0.353. The number of rotatable bonds is 2. The van der Waals surface area contributed by atoms with Crippen LogP contribution in [0.4, 0.5) is 4.39 Å². The van der Waals surface area contributed by atoms with E-state index in [9.17, 15) is 4.39 Å². The van der Waals surface area contributed by atoms with Crippen molar-refractivity contribution >= 4 is 6.21 Å². The second-order valence-corrected chi connectivity index (χ2v) is 1.87. The lowest BCUT2D eigenvalue weighted by Gasteiger charge is -1.91. The molecule has 0 N–H and O–H groups in total. The summed E-state index contributed by atoms with van der Waals surface area (Å²) in [6.45, 7) is 0. The Labute approximate surface area is 64.3 Å². The molecule has 1 aromatic rings. The van der Waals surface area contributed by atoms with Crippen molar-refractivity contribution in [3.05, 3.63) is 35.6 Å². The SMILES string of the molecule is CO/N=[C]\c1ccccc1F. The van der Waals surface area contributed by atoms with Crippen LogP contribution in [0.2, 0.25) is 0 Å². The molecule has 57 valence electrons. The van der Waals surface area contributed by atoms with Gasteiger partial charge in [0.15, 0.2) is 0 Å². The van der Waals surface area contributed by atoms with Gasteiger partial charge in [0.25, 0.3) is 0 Å². The third kappa shape index (κ3) is 2.04. The Bertz CT molecular complexity index is 260. The number of nitrogens with zero attached hydrogens (tertiary/aromatic N) is 1. The molecule has 0 spiro atoms. The molecule has 0 aliphatic rings. The third-order valence-electron chi connectivity index (χ3n) is 1.13. The van der Waals surface area contributed by atoms with Gasteiger partial charge in [0.2, 0.25) is 0 Å². The van der Waals surface area contributed by atoms with Crippen LogP contribution in [-0.4, -0.2) is 13.3 Å². The molecule has 3 heteroatoms. The van der Waals surface area contributed by atoms with Gasteiger partial charge in [-0.1, -0.05) is 17.3 Å². The van der Waals surface area contributed by atoms with Gasteiger partial charge in [0, 0.05) is 5.56 Å². The van der Waals surface area contributed by atoms with Crippen molar-refractivity contribution in [3.8, 4) is 0 Å². The first kappa shape index (κ1) is 7.72. The van der Waals surface area contributed by atoms with Crippen LogP contribution in [0.1, 0.15) is 5.56 Å². The maximum atomic E-state index is 12.7. The molecular formula is C8H7FNO. The molecule has 0 saturated heterocycles. The van der Waals surface area contributed by atoms with Gasteiger partial charge in [-0.15, -0.1) is 0 Å². The highest BCUT2D eigenvalue weighted by Gasteiger charge is 1.95. The number of hydrogen-bond acceptors (Lipinski definition) is 2. The van der Waals surface area contributed by atoms with Crippen molar-refractivity contribution in [1.29, 1.82) is 0 Å². The molecule has 0 heterocycles. The van der Waals surface area contributed by atoms with Crippen molar-refractivity contribution in [2.24, 2.45) is 5.16 Å². The lowest BCUT2D eigenvalue weighted by Crippen LogP contribution is -1.86. The number of halogens is 1. The van der Waals surface area contributed by atoms with E-state index in [4.69, 9.17) is 0 Å². The van der Waals surface area contributed by atoms with Crippen molar-refractivity contribution in [2.75, 3.05) is 7.11 Å². The molecule has 0 aliphatic carbocycles. The van der Waals surface area contributed by atoms with Gasteiger partial charge in [0.05, 0.1) is 0 Å². The zero-order valence-corrected chi connectivity index (χ0v) is 6.04. The second-order valence-electron chi connectivity index (χ2n) is 1.87. The monoisotopic (exact) mass is 152 g/mol. The normalized spacial score (nSPS) is 10.4. The van der Waals surface area contributed by atoms with E-state index in [1.54, 1.807) is 18.2 Å². The second kappa shape index (κ2) is 3.71. The molecule has 1 aromatic carbocycles. The molecule has 0 bridgehead atoms. The van der Waals surface area contributed by atoms with Crippen LogP contribution in [0.25, 0.3) is 0 Å². The summed E-state index contributed by atoms with van der Waals surface area (Å²) >= 11 is 0. The molecule has 0 atom stereocenters. The Kier molecular flexibility index (Phi) is 2.60. The van der Waals surface area contributed by atoms with Crippen molar-refractivity contribution in [3.63, 3.8) is 0 Å². The molecule has 2 nitrogen and oxygen atoms in total. The molecule has 11 heavy (non-hydrogen) atoms. The molecule has 1 radical (unpaired) electrons. The van der Waals surface area contributed by atoms with Crippen molar-refractivity contribution in [2.45, 2.75) is 0 Å². The molecular weight excluding hydrogens is 145 g/mol. The first-order chi connectivity index (χ1) is 5.34. The molecule has 0 aliphatic heterocycles. The average molecular weight is 152 g/mol. The van der Waals surface area contributed by atoms with Crippen LogP contribution >= 0.6 is 0 Å². The summed E-state index contributed by atoms with van der Waals surface area (Å²) in [6.07, 6.45) is 2.39. The lowest BCUT2D eigenvalue weighted by molar-refractivity contribution is 0.215. The zero-order valence-electron chi connectivity index (χ0n) is 6.04. The first-order valence-corrected chi connectivity index (χ1v) is 3.08. The molecule has 0 saturated carbocycles. The Morgan fingerprint density at radius 3 is 2.82 bits per heavy atom. The lowest BCUT2D eigenvalue weighted by atomic mass is 10.2. The predicted molar refractivity (Wildman–Crippen MR) is 39.9 cm³/mol. The predicted octanol–water partition coefficient (Wildman–Crippen LogP) is 1.68. The Morgan fingerprint density at radius 2 is 2.18 bits per heavy atom. The zero-order chi connectivity index (χ0) is 8.10. The minimum atomic E-state index is -0.353. The largest absolute Gasteiger partial charge is 0.399 e. The van der Waals surface area contributed by atoms with E-state index in [2.05, 4.69) is 16.2 Å². The van der Waals surface area contributed by atoms with Gasteiger partial charge in [-0.3, -0.25) is 0 Å². The third-order valence-corrected chi connectivity index (χ3v) is 1.13. The summed E-state index contributed by atoms with van der Waals surface area (Å²) in [5.41, 5.74) is 0.300. The van der Waals surface area contributed by atoms with Gasteiger partial charge < -0.3 is 4.84 Å². The highest BCUT2D eigenvalue weighted by Crippen LogP contribution is 2.02. The van der Waals surface area contributed by atoms with E-state index in [-0.39, 0.29) is 5.82 Å². The number of hydrogen-bond donors (Lipinski definition) is 0. The van der Waals surface area contributed by atoms with E-state index < -0.39 is 0 Å². The fraction of sp³-hybridized carbons (Fsp3) is 0.125. The van der Waals surface area contributed by atoms with Crippen LogP contribution in [-0.2, 0) is 4.84 Å². The Hall–Kier alpha value is -1.38. The Balaban J connectivity index is 2.86. The quantitative estimate of drug-likeness (QED) is 0.466. The standard InChI is InChI=1S/C8H7FNO/c1-11-10-6-7-4-2-3-5-8(7)9/h2-5H,1H3. The highest BCUT2D eigenvalue weighted by atomic mass is 19.1. The van der Waals surface area contributed by atoms with Crippen LogP contribution in [0, 0.1) is 5.82 Å². The van der Waals surface area contributed by atoms with Gasteiger partial charge in [-0.05, 0) is 12.1 Å². The van der Waals surface area contributed by atoms with Crippen LogP contribution in [0.3, 0.4) is 0 Å². The van der Waals surface area contributed by atoms with Crippen LogP contribution < -0.4 is 0 Å². The fourth-order valence-corrected chi connectivity index (χ4v) is 0.647. The molecule has 0 fully saturated rings. The van der Waals surface area contributed by atoms with Gasteiger partial charge in [-0.2, -0.15) is 0 Å². The first-order valence-electron chi connectivity index (χ1n) is 3.08. The van der Waals surface area contributed by atoms with Gasteiger partial charge in [0.1, 0.15) is 19.1 Å². The summed E-state index contributed by atoms with van der Waals surface area (Å²) in [7, 11) is 1.38. The van der Waals surface area contributed by atoms with E-state index in [1.807, 2.05) is 0 Å². The summed E-state index contributed by atoms with van der Waals surface area (Å²) < 4.78 is 12.7. The minimum Gasteiger partial charge on any atom is -0.399 e. The maximum absolute atomic E-state index is 12.7. The molecule has 0 unspecified atom stereocenters. The van der Waals surface area contributed by atoms with E-state index in [1.165, 1.54) is 13.2 Å². The molecule has 0 amide bonds. The summed E-state index contributed by atoms with van der Waals surface area (Å²) in [4.78, 5) is 4.35. The minimum absolute atomic E-state index is 0.300. The van der Waals surface area contributed by atoms with Gasteiger partial charge >= 0.3 is 0 Å². The van der Waals surface area contributed by atoms with Crippen LogP contribution in [0.5, 0.6) is 0 Å². The molecule has 1 rings (SSSR count). The molecule has 0 aromatic heterocycles. The van der Waals surface area contributed by atoms with Crippen molar-refractivity contribution < 1.29 is 9.23 Å². The average Bonchev–Trinajstić information content (AvgIpc) is 2.03. The van der Waals surface area contributed by atoms with E-state index in [0.717, 1.165) is 0 Å². The number of benzene rings is 1. The topological polar surface area (TPSA) is 21.6 Å².